The zero-order chi connectivity index (χ0) is 19.3. The Morgan fingerprint density at radius 3 is 2.30 bits per heavy atom. The average molecular weight is 378 g/mol. The summed E-state index contributed by atoms with van der Waals surface area (Å²) in [7, 11) is 0. The minimum atomic E-state index is 0.492. The van der Waals surface area contributed by atoms with E-state index in [1.54, 1.807) is 0 Å². The highest BCUT2D eigenvalue weighted by Crippen LogP contribution is 2.15. The lowest BCUT2D eigenvalue weighted by Gasteiger charge is -2.09. The fourth-order valence-electron chi connectivity index (χ4n) is 2.36. The minimum Gasteiger partial charge on any atom is -0.399 e. The van der Waals surface area contributed by atoms with Crippen molar-refractivity contribution in [2.75, 3.05) is 51.9 Å². The van der Waals surface area contributed by atoms with Gasteiger partial charge in [0.25, 0.3) is 0 Å². The molecule has 8 nitrogen and oxygen atoms in total. The summed E-state index contributed by atoms with van der Waals surface area (Å²) >= 11 is 0. The predicted molar refractivity (Wildman–Crippen MR) is 104 cm³/mol. The lowest BCUT2D eigenvalue weighted by molar-refractivity contribution is -0.754. The van der Waals surface area contributed by atoms with E-state index < -0.39 is 0 Å². The SMILES string of the molecule is CC(C)NCCOCCOCCOCC[n+]1cc(-c2ccc(N)cc2)n[nH]1. The molecule has 2 rings (SSSR count). The number of hydrogen-bond acceptors (Lipinski definition) is 6. The molecule has 4 N–H and O–H groups in total. The van der Waals surface area contributed by atoms with Gasteiger partial charge in [0, 0.05) is 28.9 Å². The van der Waals surface area contributed by atoms with Gasteiger partial charge < -0.3 is 25.3 Å². The van der Waals surface area contributed by atoms with Crippen molar-refractivity contribution in [3.05, 3.63) is 30.5 Å². The molecule has 0 saturated heterocycles. The summed E-state index contributed by atoms with van der Waals surface area (Å²) < 4.78 is 18.4. The van der Waals surface area contributed by atoms with Gasteiger partial charge in [-0.15, -0.1) is 0 Å². The van der Waals surface area contributed by atoms with Crippen molar-refractivity contribution >= 4 is 5.69 Å². The molecular weight excluding hydrogens is 346 g/mol. The van der Waals surface area contributed by atoms with Crippen LogP contribution in [0, 0.1) is 0 Å². The number of ether oxygens (including phenoxy) is 3. The van der Waals surface area contributed by atoms with E-state index >= 15 is 0 Å². The summed E-state index contributed by atoms with van der Waals surface area (Å²) in [5.74, 6) is 0. The maximum Gasteiger partial charge on any atom is 0.248 e. The fraction of sp³-hybridized carbons (Fsp3) is 0.579. The summed E-state index contributed by atoms with van der Waals surface area (Å²) in [6, 6.07) is 8.13. The maximum atomic E-state index is 5.70. The van der Waals surface area contributed by atoms with Crippen molar-refractivity contribution in [1.29, 1.82) is 0 Å². The molecule has 0 saturated carbocycles. The molecule has 0 radical (unpaired) electrons. The van der Waals surface area contributed by atoms with Crippen LogP contribution in [0.1, 0.15) is 13.8 Å². The number of aromatic amines is 1. The molecule has 8 heteroatoms. The van der Waals surface area contributed by atoms with Gasteiger partial charge in [0.15, 0.2) is 6.20 Å². The van der Waals surface area contributed by atoms with Crippen LogP contribution in [0.15, 0.2) is 30.5 Å². The van der Waals surface area contributed by atoms with E-state index in [1.807, 2.05) is 35.1 Å². The van der Waals surface area contributed by atoms with E-state index in [4.69, 9.17) is 19.9 Å². The van der Waals surface area contributed by atoms with Crippen LogP contribution < -0.4 is 15.7 Å². The first-order valence-electron chi connectivity index (χ1n) is 9.42. The summed E-state index contributed by atoms with van der Waals surface area (Å²) in [5.41, 5.74) is 8.35. The first-order valence-corrected chi connectivity index (χ1v) is 9.42. The topological polar surface area (TPSA) is 98.3 Å². The molecule has 1 heterocycles. The van der Waals surface area contributed by atoms with Gasteiger partial charge in [0.1, 0.15) is 6.54 Å². The van der Waals surface area contributed by atoms with Gasteiger partial charge >= 0.3 is 0 Å². The molecule has 1 aromatic carbocycles. The largest absolute Gasteiger partial charge is 0.399 e. The van der Waals surface area contributed by atoms with Crippen LogP contribution in [0.3, 0.4) is 0 Å². The average Bonchev–Trinajstić information content (AvgIpc) is 3.12. The van der Waals surface area contributed by atoms with Crippen molar-refractivity contribution in [1.82, 2.24) is 15.6 Å². The Bertz CT molecular complexity index is 631. The highest BCUT2D eigenvalue weighted by Gasteiger charge is 2.11. The van der Waals surface area contributed by atoms with E-state index in [-0.39, 0.29) is 0 Å². The van der Waals surface area contributed by atoms with Crippen molar-refractivity contribution in [2.45, 2.75) is 26.4 Å². The van der Waals surface area contributed by atoms with Gasteiger partial charge in [0.05, 0.1) is 39.6 Å². The Labute approximate surface area is 161 Å². The van der Waals surface area contributed by atoms with E-state index in [0.717, 1.165) is 23.5 Å². The Hall–Kier alpha value is -2.00. The number of rotatable bonds is 14. The second kappa shape index (κ2) is 12.4. The molecule has 0 unspecified atom stereocenters. The van der Waals surface area contributed by atoms with Crippen molar-refractivity contribution < 1.29 is 18.9 Å². The molecule has 0 spiro atoms. The quantitative estimate of drug-likeness (QED) is 0.258. The standard InChI is InChI=1S/C19H31N5O3/c1-16(2)21-7-9-25-11-13-27-14-12-26-10-8-24-15-19(22-23-24)17-3-5-18(20)6-4-17/h3-6,15-16,21H,7-14,20H2,1-2H3/p+1. The molecule has 0 aliphatic heterocycles. The second-order valence-electron chi connectivity index (χ2n) is 6.49. The fourth-order valence-corrected chi connectivity index (χ4v) is 2.36. The lowest BCUT2D eigenvalue weighted by atomic mass is 10.1. The summed E-state index contributed by atoms with van der Waals surface area (Å²) in [6.07, 6.45) is 1.96. The number of nitrogens with two attached hydrogens (primary N) is 1. The number of benzene rings is 1. The number of nitrogens with one attached hydrogen (secondary N) is 2. The number of H-pyrrole nitrogens is 1. The van der Waals surface area contributed by atoms with Crippen LogP contribution in [0.4, 0.5) is 5.69 Å². The van der Waals surface area contributed by atoms with E-state index in [1.165, 1.54) is 0 Å². The predicted octanol–water partition coefficient (Wildman–Crippen LogP) is 0.994. The smallest absolute Gasteiger partial charge is 0.248 e. The molecule has 2 aromatic rings. The molecule has 0 fully saturated rings. The molecule has 27 heavy (non-hydrogen) atoms. The molecule has 0 amide bonds. The summed E-state index contributed by atoms with van der Waals surface area (Å²) in [5, 5.41) is 10.6. The number of nitrogens with zero attached hydrogens (tertiary/aromatic N) is 2. The Kier molecular flexibility index (Phi) is 9.78. The molecule has 1 aromatic heterocycles. The van der Waals surface area contributed by atoms with E-state index in [9.17, 15) is 0 Å². The summed E-state index contributed by atoms with van der Waals surface area (Å²) in [6.45, 7) is 9.43. The van der Waals surface area contributed by atoms with Gasteiger partial charge in [-0.25, -0.2) is 0 Å². The first kappa shape index (κ1) is 21.3. The van der Waals surface area contributed by atoms with Gasteiger partial charge in [-0.1, -0.05) is 19.1 Å². The molecule has 0 aliphatic rings. The molecule has 150 valence electrons. The van der Waals surface area contributed by atoms with Crippen LogP contribution in [0.25, 0.3) is 11.3 Å². The first-order chi connectivity index (χ1) is 13.1. The van der Waals surface area contributed by atoms with Crippen molar-refractivity contribution in [3.8, 4) is 11.3 Å². The normalized spacial score (nSPS) is 11.4. The third kappa shape index (κ3) is 8.96. The van der Waals surface area contributed by atoms with Crippen LogP contribution in [-0.2, 0) is 20.8 Å². The van der Waals surface area contributed by atoms with E-state index in [0.29, 0.717) is 52.2 Å². The Morgan fingerprint density at radius 2 is 1.63 bits per heavy atom. The van der Waals surface area contributed by atoms with Gasteiger partial charge in [-0.05, 0) is 24.3 Å². The zero-order valence-corrected chi connectivity index (χ0v) is 16.3. The maximum absolute atomic E-state index is 5.70. The number of anilines is 1. The highest BCUT2D eigenvalue weighted by molar-refractivity contribution is 5.60. The zero-order valence-electron chi connectivity index (χ0n) is 16.3. The number of aromatic nitrogens is 3. The third-order valence-electron chi connectivity index (χ3n) is 3.80. The number of hydrogen-bond donors (Lipinski definition) is 3. The monoisotopic (exact) mass is 378 g/mol. The molecule has 0 bridgehead atoms. The molecule has 0 aliphatic carbocycles. The lowest BCUT2D eigenvalue weighted by Crippen LogP contribution is -2.37. The Balaban J connectivity index is 1.46. The second-order valence-corrected chi connectivity index (χ2v) is 6.49. The van der Waals surface area contributed by atoms with E-state index in [2.05, 4.69) is 29.5 Å². The van der Waals surface area contributed by atoms with Crippen LogP contribution in [0.5, 0.6) is 0 Å². The number of nitrogen functional groups attached to an aromatic ring is 1. The van der Waals surface area contributed by atoms with Crippen LogP contribution >= 0.6 is 0 Å². The summed E-state index contributed by atoms with van der Waals surface area (Å²) in [4.78, 5) is 0. The van der Waals surface area contributed by atoms with Crippen molar-refractivity contribution in [3.63, 3.8) is 0 Å². The highest BCUT2D eigenvalue weighted by atomic mass is 16.5. The minimum absolute atomic E-state index is 0.492. The van der Waals surface area contributed by atoms with Gasteiger partial charge in [0.2, 0.25) is 5.69 Å². The van der Waals surface area contributed by atoms with Crippen LogP contribution in [0.2, 0.25) is 0 Å². The van der Waals surface area contributed by atoms with Crippen LogP contribution in [-0.4, -0.2) is 62.5 Å². The molecule has 0 atom stereocenters. The van der Waals surface area contributed by atoms with Gasteiger partial charge in [-0.3, -0.25) is 0 Å². The van der Waals surface area contributed by atoms with Gasteiger partial charge in [-0.2, -0.15) is 4.68 Å². The third-order valence-corrected chi connectivity index (χ3v) is 3.80. The Morgan fingerprint density at radius 1 is 1.00 bits per heavy atom. The molecular formula is C19H32N5O3+. The van der Waals surface area contributed by atoms with Crippen molar-refractivity contribution in [2.24, 2.45) is 0 Å².